The molecule has 0 heterocycles. The lowest BCUT2D eigenvalue weighted by atomic mass is 10.0. The van der Waals surface area contributed by atoms with E-state index in [1.54, 1.807) is 36.4 Å². The van der Waals surface area contributed by atoms with E-state index >= 15 is 0 Å². The molecule has 0 atom stereocenters. The normalized spacial score (nSPS) is 10.6. The van der Waals surface area contributed by atoms with Crippen LogP contribution < -0.4 is 10.1 Å². The number of carboxylic acids is 1. The van der Waals surface area contributed by atoms with E-state index in [1.165, 1.54) is 4.90 Å². The molecule has 9 heteroatoms. The van der Waals surface area contributed by atoms with E-state index in [2.05, 4.69) is 37.2 Å². The van der Waals surface area contributed by atoms with Crippen LogP contribution in [0, 0.1) is 0 Å². The molecule has 0 spiro atoms. The van der Waals surface area contributed by atoms with Crippen molar-refractivity contribution in [3.05, 3.63) is 153 Å². The quantitative estimate of drug-likeness (QED) is 0.141. The molecule has 0 aliphatic heterocycles. The topological polar surface area (TPSA) is 95.9 Å². The van der Waals surface area contributed by atoms with Crippen LogP contribution in [0.3, 0.4) is 0 Å². The van der Waals surface area contributed by atoms with Crippen molar-refractivity contribution in [1.29, 1.82) is 0 Å². The van der Waals surface area contributed by atoms with Gasteiger partial charge in [0.1, 0.15) is 11.5 Å². The van der Waals surface area contributed by atoms with Gasteiger partial charge in [0.2, 0.25) is 0 Å². The maximum atomic E-state index is 13.0. The molecule has 5 aromatic rings. The molecule has 5 aromatic carbocycles. The number of carboxylic acid groups (broad SMARTS) is 1. The second kappa shape index (κ2) is 14.8. The van der Waals surface area contributed by atoms with Crippen molar-refractivity contribution in [3.8, 4) is 22.6 Å². The van der Waals surface area contributed by atoms with Gasteiger partial charge >= 0.3 is 11.9 Å². The lowest BCUT2D eigenvalue weighted by molar-refractivity contribution is -0.156. The zero-order valence-electron chi connectivity index (χ0n) is 24.0. The van der Waals surface area contributed by atoms with Crippen LogP contribution in [0.15, 0.2) is 130 Å². The summed E-state index contributed by atoms with van der Waals surface area (Å²) in [5.41, 5.74) is 4.89. The number of nitrogens with one attached hydrogen (secondary N) is 1. The second-order valence-corrected chi connectivity index (χ2v) is 11.9. The number of carbonyl (C=O) groups is 3. The fraction of sp³-hybridized carbons (Fsp3) is 0.0833. The van der Waals surface area contributed by atoms with Crippen LogP contribution in [-0.4, -0.2) is 27.8 Å². The lowest BCUT2D eigenvalue weighted by Crippen LogP contribution is -2.35. The number of para-hydroxylation sites is 1. The first-order valence-electron chi connectivity index (χ1n) is 14.0. The summed E-state index contributed by atoms with van der Waals surface area (Å²) in [5, 5.41) is 12.5. The Morgan fingerprint density at radius 2 is 1.27 bits per heavy atom. The number of hydrogen-bond donors (Lipinski definition) is 2. The van der Waals surface area contributed by atoms with Gasteiger partial charge in [-0.25, -0.2) is 4.79 Å². The van der Waals surface area contributed by atoms with Gasteiger partial charge in [-0.1, -0.05) is 117 Å². The maximum Gasteiger partial charge on any atom is 0.394 e. The molecule has 0 saturated heterocycles. The number of halogens is 2. The molecule has 45 heavy (non-hydrogen) atoms. The number of hydrogen-bond acceptors (Lipinski definition) is 4. The Morgan fingerprint density at radius 3 is 1.91 bits per heavy atom. The van der Waals surface area contributed by atoms with Crippen LogP contribution in [0.1, 0.15) is 27.0 Å². The number of ether oxygens (including phenoxy) is 1. The Morgan fingerprint density at radius 1 is 0.667 bits per heavy atom. The molecule has 0 saturated carbocycles. The number of rotatable bonds is 10. The molecule has 2 N–H and O–H groups in total. The highest BCUT2D eigenvalue weighted by molar-refractivity contribution is 9.11. The minimum Gasteiger partial charge on any atom is -0.474 e. The van der Waals surface area contributed by atoms with Crippen LogP contribution in [0.4, 0.5) is 0 Å². The zero-order valence-corrected chi connectivity index (χ0v) is 27.1. The standard InChI is InChI=1S/C36H28Br2N2O5/c37-32-19-28(34(41)39-21-24-14-16-27(17-15-24)26-9-3-1-4-10-26)20-33(38)31(32)23-40(35(42)36(43)44)22-25-8-7-13-30(18-25)45-29-11-5-2-6-12-29/h1-20H,21-23H2,(H,39,41)(H,43,44). The molecular formula is C36H28Br2N2O5. The molecule has 7 nitrogen and oxygen atoms in total. The van der Waals surface area contributed by atoms with Crippen LogP contribution in [0.2, 0.25) is 0 Å². The Bertz CT molecular complexity index is 1790. The maximum absolute atomic E-state index is 13.0. The molecule has 0 fully saturated rings. The highest BCUT2D eigenvalue weighted by Gasteiger charge is 2.24. The van der Waals surface area contributed by atoms with Gasteiger partial charge < -0.3 is 20.1 Å². The summed E-state index contributed by atoms with van der Waals surface area (Å²) in [6.45, 7) is 0.353. The van der Waals surface area contributed by atoms with Gasteiger partial charge in [-0.2, -0.15) is 0 Å². The molecule has 0 aromatic heterocycles. The SMILES string of the molecule is O=C(O)C(=O)N(Cc1cccc(Oc2ccccc2)c1)Cc1c(Br)cc(C(=O)NCc2ccc(-c3ccccc3)cc2)cc1Br. The lowest BCUT2D eigenvalue weighted by Gasteiger charge is -2.23. The fourth-order valence-electron chi connectivity index (χ4n) is 4.69. The van der Waals surface area contributed by atoms with Crippen LogP contribution >= 0.6 is 31.9 Å². The highest BCUT2D eigenvalue weighted by atomic mass is 79.9. The Balaban J connectivity index is 1.27. The van der Waals surface area contributed by atoms with E-state index in [4.69, 9.17) is 4.74 Å². The van der Waals surface area contributed by atoms with E-state index in [1.807, 2.05) is 84.9 Å². The summed E-state index contributed by atoms with van der Waals surface area (Å²) in [4.78, 5) is 38.7. The molecule has 226 valence electrons. The van der Waals surface area contributed by atoms with E-state index in [9.17, 15) is 19.5 Å². The summed E-state index contributed by atoms with van der Waals surface area (Å²) < 4.78 is 7.01. The largest absolute Gasteiger partial charge is 0.474 e. The van der Waals surface area contributed by atoms with Gasteiger partial charge in [-0.15, -0.1) is 0 Å². The van der Waals surface area contributed by atoms with Crippen molar-refractivity contribution in [2.75, 3.05) is 0 Å². The number of aliphatic carboxylic acids is 1. The van der Waals surface area contributed by atoms with E-state index in [0.29, 0.717) is 43.7 Å². The molecular weight excluding hydrogens is 700 g/mol. The predicted molar refractivity (Wildman–Crippen MR) is 180 cm³/mol. The third kappa shape index (κ3) is 8.47. The second-order valence-electron chi connectivity index (χ2n) is 10.2. The molecule has 0 bridgehead atoms. The van der Waals surface area contributed by atoms with Gasteiger partial charge in [0.15, 0.2) is 0 Å². The summed E-state index contributed by atoms with van der Waals surface area (Å²) in [6.07, 6.45) is 0. The van der Waals surface area contributed by atoms with Crippen molar-refractivity contribution < 1.29 is 24.2 Å². The van der Waals surface area contributed by atoms with Gasteiger partial charge in [-0.3, -0.25) is 9.59 Å². The zero-order chi connectivity index (χ0) is 31.8. The van der Waals surface area contributed by atoms with Crippen molar-refractivity contribution in [2.45, 2.75) is 19.6 Å². The van der Waals surface area contributed by atoms with Crippen molar-refractivity contribution >= 4 is 49.6 Å². The first-order valence-corrected chi connectivity index (χ1v) is 15.6. The Hall–Kier alpha value is -4.73. The monoisotopic (exact) mass is 726 g/mol. The average Bonchev–Trinajstić information content (AvgIpc) is 3.05. The summed E-state index contributed by atoms with van der Waals surface area (Å²) in [7, 11) is 0. The minimum absolute atomic E-state index is 0.0221. The molecule has 0 aliphatic carbocycles. The summed E-state index contributed by atoms with van der Waals surface area (Å²) in [6, 6.07) is 37.8. The third-order valence-electron chi connectivity index (χ3n) is 6.99. The number of amides is 2. The molecule has 0 radical (unpaired) electrons. The van der Waals surface area contributed by atoms with E-state index in [0.717, 1.165) is 16.7 Å². The number of benzene rings is 5. The van der Waals surface area contributed by atoms with Crippen molar-refractivity contribution in [3.63, 3.8) is 0 Å². The average molecular weight is 728 g/mol. The van der Waals surface area contributed by atoms with Gasteiger partial charge in [0, 0.05) is 34.1 Å². The molecule has 2 amide bonds. The predicted octanol–water partition coefficient (Wildman–Crippen LogP) is 8.21. The number of nitrogens with zero attached hydrogens (tertiary/aromatic N) is 1. The summed E-state index contributed by atoms with van der Waals surface area (Å²) in [5.74, 6) is -1.67. The van der Waals surface area contributed by atoms with Crippen molar-refractivity contribution in [2.24, 2.45) is 0 Å². The van der Waals surface area contributed by atoms with E-state index < -0.39 is 11.9 Å². The number of carbonyl (C=O) groups excluding carboxylic acids is 2. The molecule has 5 rings (SSSR count). The fourth-order valence-corrected chi connectivity index (χ4v) is 6.13. The first-order chi connectivity index (χ1) is 21.8. The summed E-state index contributed by atoms with van der Waals surface area (Å²) >= 11 is 7.05. The molecule has 0 unspecified atom stereocenters. The minimum atomic E-state index is -1.56. The third-order valence-corrected chi connectivity index (χ3v) is 8.40. The van der Waals surface area contributed by atoms with Crippen molar-refractivity contribution in [1.82, 2.24) is 10.2 Å². The van der Waals surface area contributed by atoms with Gasteiger partial charge in [-0.05, 0) is 64.2 Å². The Labute approximate surface area is 277 Å². The van der Waals surface area contributed by atoms with E-state index in [-0.39, 0.29) is 19.0 Å². The van der Waals surface area contributed by atoms with Crippen LogP contribution in [-0.2, 0) is 29.2 Å². The molecule has 0 aliphatic rings. The first kappa shape index (κ1) is 31.7. The van der Waals surface area contributed by atoms with Gasteiger partial charge in [0.05, 0.1) is 0 Å². The highest BCUT2D eigenvalue weighted by Crippen LogP contribution is 2.30. The smallest absolute Gasteiger partial charge is 0.394 e. The van der Waals surface area contributed by atoms with Crippen LogP contribution in [0.5, 0.6) is 11.5 Å². The Kier molecular flexibility index (Phi) is 10.4. The van der Waals surface area contributed by atoms with Gasteiger partial charge in [0.25, 0.3) is 5.91 Å². The van der Waals surface area contributed by atoms with Crippen LogP contribution in [0.25, 0.3) is 11.1 Å².